The van der Waals surface area contributed by atoms with E-state index in [9.17, 15) is 14.2 Å². The molecule has 0 heterocycles. The molecule has 9 heteroatoms. The van der Waals surface area contributed by atoms with E-state index in [1.165, 1.54) is 0 Å². The fourth-order valence-electron chi connectivity index (χ4n) is 3.84. The van der Waals surface area contributed by atoms with Crippen LogP contribution in [0, 0.1) is 0 Å². The first-order valence-corrected chi connectivity index (χ1v) is 14.7. The number of hydrogen-bond acceptors (Lipinski definition) is 7. The fourth-order valence-corrected chi connectivity index (χ4v) is 5.14. The van der Waals surface area contributed by atoms with Crippen molar-refractivity contribution < 1.29 is 32.5 Å². The van der Waals surface area contributed by atoms with Crippen LogP contribution in [0.15, 0.2) is 115 Å². The summed E-state index contributed by atoms with van der Waals surface area (Å²) >= 11 is 0. The zero-order valence-electron chi connectivity index (χ0n) is 22.7. The third-order valence-electron chi connectivity index (χ3n) is 5.94. The van der Waals surface area contributed by atoms with Crippen molar-refractivity contribution >= 4 is 25.4 Å². The standard InChI is InChI=1S/C32H32NO7P/c1-2-37-32(35)28-18-20-29(21-19-28)33-31(34)30(22-25-12-6-3-7-13-25)40-41(36,38-23-26-14-8-4-9-15-26)39-24-27-16-10-5-11-17-27/h3-21,30H,2,22-24H2,1H3,(H,33,34). The molecule has 0 aromatic heterocycles. The van der Waals surface area contributed by atoms with Gasteiger partial charge in [0.15, 0.2) is 6.10 Å². The average molecular weight is 574 g/mol. The molecule has 0 aliphatic heterocycles. The van der Waals surface area contributed by atoms with Crippen molar-refractivity contribution in [1.29, 1.82) is 0 Å². The first-order chi connectivity index (χ1) is 19.9. The molecule has 0 radical (unpaired) electrons. The molecule has 41 heavy (non-hydrogen) atoms. The topological polar surface area (TPSA) is 100 Å². The van der Waals surface area contributed by atoms with Gasteiger partial charge in [-0.3, -0.25) is 18.4 Å². The van der Waals surface area contributed by atoms with Crippen molar-refractivity contribution in [2.24, 2.45) is 0 Å². The lowest BCUT2D eigenvalue weighted by Crippen LogP contribution is -2.32. The van der Waals surface area contributed by atoms with Crippen LogP contribution in [0.3, 0.4) is 0 Å². The quantitative estimate of drug-likeness (QED) is 0.128. The molecular weight excluding hydrogens is 541 g/mol. The predicted octanol–water partition coefficient (Wildman–Crippen LogP) is 6.97. The van der Waals surface area contributed by atoms with Gasteiger partial charge in [-0.05, 0) is 47.9 Å². The second-order valence-electron chi connectivity index (χ2n) is 9.04. The van der Waals surface area contributed by atoms with Crippen LogP contribution in [-0.2, 0) is 47.3 Å². The van der Waals surface area contributed by atoms with Crippen molar-refractivity contribution in [2.45, 2.75) is 32.7 Å². The van der Waals surface area contributed by atoms with Crippen molar-refractivity contribution in [3.05, 3.63) is 138 Å². The molecule has 4 rings (SSSR count). The van der Waals surface area contributed by atoms with Crippen LogP contribution in [0.25, 0.3) is 0 Å². The van der Waals surface area contributed by atoms with Crippen LogP contribution in [0.2, 0.25) is 0 Å². The van der Waals surface area contributed by atoms with Crippen LogP contribution in [0.1, 0.15) is 34.0 Å². The van der Waals surface area contributed by atoms with E-state index in [1.807, 2.05) is 91.0 Å². The van der Waals surface area contributed by atoms with Crippen molar-refractivity contribution in [2.75, 3.05) is 11.9 Å². The molecule has 4 aromatic rings. The Kier molecular flexibility index (Phi) is 11.0. The summed E-state index contributed by atoms with van der Waals surface area (Å²) in [5.74, 6) is -1.01. The van der Waals surface area contributed by atoms with Crippen LogP contribution >= 0.6 is 7.82 Å². The highest BCUT2D eigenvalue weighted by molar-refractivity contribution is 7.48. The monoisotopic (exact) mass is 573 g/mol. The average Bonchev–Trinajstić information content (AvgIpc) is 3.01. The number of esters is 1. The Balaban J connectivity index is 1.55. The molecule has 0 bridgehead atoms. The molecule has 0 fully saturated rings. The van der Waals surface area contributed by atoms with Gasteiger partial charge in [0.2, 0.25) is 0 Å². The lowest BCUT2D eigenvalue weighted by Gasteiger charge is -2.24. The molecule has 0 aliphatic rings. The number of hydrogen-bond donors (Lipinski definition) is 1. The number of carbonyl (C=O) groups excluding carboxylic acids is 2. The van der Waals surface area contributed by atoms with Gasteiger partial charge in [-0.25, -0.2) is 9.36 Å². The van der Waals surface area contributed by atoms with Crippen LogP contribution < -0.4 is 5.32 Å². The molecular formula is C32H32NO7P. The number of carbonyl (C=O) groups is 2. The van der Waals surface area contributed by atoms with E-state index in [0.717, 1.165) is 16.7 Å². The second kappa shape index (κ2) is 15.1. The smallest absolute Gasteiger partial charge is 0.462 e. The summed E-state index contributed by atoms with van der Waals surface area (Å²) in [6.07, 6.45) is -1.11. The summed E-state index contributed by atoms with van der Waals surface area (Å²) < 4.78 is 36.5. The lowest BCUT2D eigenvalue weighted by atomic mass is 10.1. The van der Waals surface area contributed by atoms with Gasteiger partial charge in [-0.2, -0.15) is 0 Å². The van der Waals surface area contributed by atoms with Crippen LogP contribution in [0.5, 0.6) is 0 Å². The Morgan fingerprint density at radius 1 is 0.707 bits per heavy atom. The Morgan fingerprint density at radius 3 is 1.68 bits per heavy atom. The Hall–Kier alpha value is -4.07. The van der Waals surface area contributed by atoms with E-state index in [2.05, 4.69) is 5.32 Å². The molecule has 212 valence electrons. The summed E-state index contributed by atoms with van der Waals surface area (Å²) in [5.41, 5.74) is 3.11. The van der Waals surface area contributed by atoms with Gasteiger partial charge < -0.3 is 10.1 Å². The molecule has 8 nitrogen and oxygen atoms in total. The third kappa shape index (κ3) is 9.52. The first-order valence-electron chi connectivity index (χ1n) is 13.2. The molecule has 1 N–H and O–H groups in total. The number of ether oxygens (including phenoxy) is 1. The number of phosphoric acid groups is 1. The number of benzene rings is 4. The normalized spacial score (nSPS) is 11.9. The lowest BCUT2D eigenvalue weighted by molar-refractivity contribution is -0.124. The third-order valence-corrected chi connectivity index (χ3v) is 7.34. The van der Waals surface area contributed by atoms with Gasteiger partial charge in [0.25, 0.3) is 5.91 Å². The highest BCUT2D eigenvalue weighted by Crippen LogP contribution is 2.52. The molecule has 1 amide bonds. The fraction of sp³-hybridized carbons (Fsp3) is 0.188. The van der Waals surface area contributed by atoms with Crippen molar-refractivity contribution in [3.8, 4) is 0 Å². The number of anilines is 1. The molecule has 0 spiro atoms. The number of amides is 1. The Morgan fingerprint density at radius 2 is 1.20 bits per heavy atom. The minimum absolute atomic E-state index is 0.0398. The SMILES string of the molecule is CCOC(=O)c1ccc(NC(=O)C(Cc2ccccc2)OP(=O)(OCc2ccccc2)OCc2ccccc2)cc1. The molecule has 1 unspecified atom stereocenters. The zero-order chi connectivity index (χ0) is 28.9. The summed E-state index contributed by atoms with van der Waals surface area (Å²) in [4.78, 5) is 25.5. The van der Waals surface area contributed by atoms with E-state index in [4.69, 9.17) is 18.3 Å². The van der Waals surface area contributed by atoms with E-state index in [1.54, 1.807) is 31.2 Å². The molecule has 0 saturated carbocycles. The van der Waals surface area contributed by atoms with E-state index in [0.29, 0.717) is 11.3 Å². The van der Waals surface area contributed by atoms with Gasteiger partial charge in [0, 0.05) is 12.1 Å². The second-order valence-corrected chi connectivity index (χ2v) is 10.7. The molecule has 0 saturated heterocycles. The van der Waals surface area contributed by atoms with Crippen molar-refractivity contribution in [1.82, 2.24) is 0 Å². The van der Waals surface area contributed by atoms with Gasteiger partial charge in [0.05, 0.1) is 25.4 Å². The Labute approximate surface area is 239 Å². The van der Waals surface area contributed by atoms with E-state index >= 15 is 0 Å². The van der Waals surface area contributed by atoms with Gasteiger partial charge in [-0.15, -0.1) is 0 Å². The summed E-state index contributed by atoms with van der Waals surface area (Å²) in [7, 11) is -4.25. The van der Waals surface area contributed by atoms with Crippen molar-refractivity contribution in [3.63, 3.8) is 0 Å². The zero-order valence-corrected chi connectivity index (χ0v) is 23.6. The van der Waals surface area contributed by atoms with Crippen LogP contribution in [0.4, 0.5) is 5.69 Å². The van der Waals surface area contributed by atoms with E-state index < -0.39 is 25.8 Å². The predicted molar refractivity (Wildman–Crippen MR) is 156 cm³/mol. The first kappa shape index (κ1) is 29.9. The summed E-state index contributed by atoms with van der Waals surface area (Å²) in [6, 6.07) is 33.9. The maximum absolute atomic E-state index is 14.0. The summed E-state index contributed by atoms with van der Waals surface area (Å²) in [6.45, 7) is 1.91. The molecule has 0 aliphatic carbocycles. The summed E-state index contributed by atoms with van der Waals surface area (Å²) in [5, 5.41) is 2.78. The van der Waals surface area contributed by atoms with Gasteiger partial charge >= 0.3 is 13.8 Å². The maximum atomic E-state index is 14.0. The van der Waals surface area contributed by atoms with E-state index in [-0.39, 0.29) is 26.2 Å². The Bertz CT molecular complexity index is 1380. The van der Waals surface area contributed by atoms with Gasteiger partial charge in [0.1, 0.15) is 0 Å². The minimum Gasteiger partial charge on any atom is -0.462 e. The number of phosphoric ester groups is 1. The molecule has 1 atom stereocenters. The maximum Gasteiger partial charge on any atom is 0.476 e. The van der Waals surface area contributed by atoms with Crippen LogP contribution in [-0.4, -0.2) is 24.6 Å². The highest BCUT2D eigenvalue weighted by atomic mass is 31.2. The largest absolute Gasteiger partial charge is 0.476 e. The van der Waals surface area contributed by atoms with Gasteiger partial charge in [-0.1, -0.05) is 91.0 Å². The molecule has 4 aromatic carbocycles. The minimum atomic E-state index is -4.25. The highest BCUT2D eigenvalue weighted by Gasteiger charge is 2.35. The number of rotatable bonds is 14. The number of nitrogens with one attached hydrogen (secondary N) is 1.